The summed E-state index contributed by atoms with van der Waals surface area (Å²) in [4.78, 5) is 13.9. The standard InChI is InChI=1S/C19H26N6/c1-12-13(2)20-11-21-19(12)25-8-14-6-24(7-15(14)9-25)10-18-16-4-3-5-17(16)22-23-18/h11,14-15H,3-10H2,1-2H3,(H,22,23). The van der Waals surface area contributed by atoms with E-state index in [4.69, 9.17) is 0 Å². The van der Waals surface area contributed by atoms with Gasteiger partial charge in [-0.3, -0.25) is 10.00 Å². The van der Waals surface area contributed by atoms with E-state index in [-0.39, 0.29) is 0 Å². The zero-order chi connectivity index (χ0) is 17.0. The predicted molar refractivity (Wildman–Crippen MR) is 96.6 cm³/mol. The number of aromatic amines is 1. The molecule has 0 bridgehead atoms. The van der Waals surface area contributed by atoms with Crippen LogP contribution in [0.5, 0.6) is 0 Å². The Morgan fingerprint density at radius 1 is 1.08 bits per heavy atom. The van der Waals surface area contributed by atoms with Crippen molar-refractivity contribution in [3.8, 4) is 0 Å². The fourth-order valence-corrected chi connectivity index (χ4v) is 4.97. The number of anilines is 1. The Morgan fingerprint density at radius 3 is 2.68 bits per heavy atom. The van der Waals surface area contributed by atoms with Crippen LogP contribution in [0.1, 0.15) is 34.6 Å². The third-order valence-electron chi connectivity index (χ3n) is 6.44. The lowest BCUT2D eigenvalue weighted by Gasteiger charge is -2.23. The van der Waals surface area contributed by atoms with Crippen molar-refractivity contribution in [3.63, 3.8) is 0 Å². The lowest BCUT2D eigenvalue weighted by molar-refractivity contribution is 0.304. The van der Waals surface area contributed by atoms with Gasteiger partial charge in [0.1, 0.15) is 12.1 Å². The summed E-state index contributed by atoms with van der Waals surface area (Å²) in [5.74, 6) is 2.64. The third kappa shape index (κ3) is 2.54. The van der Waals surface area contributed by atoms with E-state index in [0.717, 1.165) is 43.0 Å². The fourth-order valence-electron chi connectivity index (χ4n) is 4.97. The molecule has 6 nitrogen and oxygen atoms in total. The molecule has 0 saturated carbocycles. The number of hydrogen-bond donors (Lipinski definition) is 1. The largest absolute Gasteiger partial charge is 0.356 e. The second kappa shape index (κ2) is 5.80. The number of rotatable bonds is 3. The van der Waals surface area contributed by atoms with Gasteiger partial charge in [-0.1, -0.05) is 0 Å². The summed E-state index contributed by atoms with van der Waals surface area (Å²) in [6.07, 6.45) is 5.38. The van der Waals surface area contributed by atoms with Crippen LogP contribution in [0.25, 0.3) is 0 Å². The quantitative estimate of drug-likeness (QED) is 0.926. The number of fused-ring (bicyclic) bond motifs is 2. The van der Waals surface area contributed by atoms with Crippen molar-refractivity contribution in [1.29, 1.82) is 0 Å². The van der Waals surface area contributed by atoms with Crippen LogP contribution >= 0.6 is 0 Å². The monoisotopic (exact) mass is 338 g/mol. The van der Waals surface area contributed by atoms with Crippen molar-refractivity contribution in [1.82, 2.24) is 25.1 Å². The minimum atomic E-state index is 0.752. The lowest BCUT2D eigenvalue weighted by atomic mass is 10.0. The van der Waals surface area contributed by atoms with E-state index in [2.05, 4.69) is 43.8 Å². The van der Waals surface area contributed by atoms with Gasteiger partial charge >= 0.3 is 0 Å². The average Bonchev–Trinajstić information content (AvgIpc) is 3.32. The van der Waals surface area contributed by atoms with Crippen LogP contribution in [0, 0.1) is 25.7 Å². The maximum absolute atomic E-state index is 4.59. The summed E-state index contributed by atoms with van der Waals surface area (Å²) in [6.45, 7) is 9.85. The van der Waals surface area contributed by atoms with Gasteiger partial charge in [0.15, 0.2) is 0 Å². The van der Waals surface area contributed by atoms with Crippen molar-refractivity contribution >= 4 is 5.82 Å². The second-order valence-electron chi connectivity index (χ2n) is 8.01. The van der Waals surface area contributed by atoms with E-state index < -0.39 is 0 Å². The average molecular weight is 338 g/mol. The number of aromatic nitrogens is 4. The highest BCUT2D eigenvalue weighted by atomic mass is 15.3. The van der Waals surface area contributed by atoms with E-state index in [0.29, 0.717) is 0 Å². The molecule has 132 valence electrons. The van der Waals surface area contributed by atoms with Crippen LogP contribution in [0.4, 0.5) is 5.82 Å². The van der Waals surface area contributed by atoms with E-state index in [1.807, 2.05) is 0 Å². The molecule has 3 aliphatic rings. The number of H-pyrrole nitrogens is 1. The lowest BCUT2D eigenvalue weighted by Crippen LogP contribution is -2.30. The Kier molecular flexibility index (Phi) is 3.55. The highest BCUT2D eigenvalue weighted by Gasteiger charge is 2.41. The molecular weight excluding hydrogens is 312 g/mol. The van der Waals surface area contributed by atoms with Gasteiger partial charge in [0.05, 0.1) is 5.69 Å². The molecule has 0 aromatic carbocycles. The number of nitrogens with one attached hydrogen (secondary N) is 1. The van der Waals surface area contributed by atoms with Crippen LogP contribution in [0.2, 0.25) is 0 Å². The Labute approximate surface area is 148 Å². The molecule has 2 saturated heterocycles. The Morgan fingerprint density at radius 2 is 1.88 bits per heavy atom. The van der Waals surface area contributed by atoms with Crippen molar-refractivity contribution in [3.05, 3.63) is 34.5 Å². The molecule has 0 amide bonds. The van der Waals surface area contributed by atoms with Gasteiger partial charge in [-0.05, 0) is 50.5 Å². The second-order valence-corrected chi connectivity index (χ2v) is 8.01. The zero-order valence-corrected chi connectivity index (χ0v) is 15.1. The summed E-state index contributed by atoms with van der Waals surface area (Å²) >= 11 is 0. The molecule has 25 heavy (non-hydrogen) atoms. The molecule has 0 spiro atoms. The minimum absolute atomic E-state index is 0.752. The number of hydrogen-bond acceptors (Lipinski definition) is 5. The van der Waals surface area contributed by atoms with Gasteiger partial charge in [0.2, 0.25) is 0 Å². The van der Waals surface area contributed by atoms with Crippen molar-refractivity contribution in [2.24, 2.45) is 11.8 Å². The highest BCUT2D eigenvalue weighted by molar-refractivity contribution is 5.48. The van der Waals surface area contributed by atoms with Crippen molar-refractivity contribution in [2.75, 3.05) is 31.1 Å². The van der Waals surface area contributed by atoms with Crippen LogP contribution in [-0.2, 0) is 19.4 Å². The van der Waals surface area contributed by atoms with Gasteiger partial charge < -0.3 is 4.90 Å². The third-order valence-corrected chi connectivity index (χ3v) is 6.44. The topological polar surface area (TPSA) is 60.9 Å². The van der Waals surface area contributed by atoms with Gasteiger partial charge in [0.25, 0.3) is 0 Å². The van der Waals surface area contributed by atoms with E-state index in [1.165, 1.54) is 54.9 Å². The van der Waals surface area contributed by atoms with Crippen LogP contribution in [0.3, 0.4) is 0 Å². The molecule has 2 aromatic rings. The fraction of sp³-hybridized carbons (Fsp3) is 0.632. The van der Waals surface area contributed by atoms with Gasteiger partial charge in [-0.15, -0.1) is 0 Å². The molecule has 0 radical (unpaired) electrons. The first-order valence-electron chi connectivity index (χ1n) is 9.49. The number of likely N-dealkylation sites (tertiary alicyclic amines) is 1. The Balaban J connectivity index is 1.25. The smallest absolute Gasteiger partial charge is 0.135 e. The van der Waals surface area contributed by atoms with Crippen molar-refractivity contribution in [2.45, 2.75) is 39.7 Å². The summed E-state index contributed by atoms with van der Waals surface area (Å²) in [5.41, 5.74) is 6.51. The predicted octanol–water partition coefficient (Wildman–Crippen LogP) is 1.87. The molecule has 2 atom stereocenters. The summed E-state index contributed by atoms with van der Waals surface area (Å²) in [5, 5.41) is 7.84. The number of nitrogens with zero attached hydrogens (tertiary/aromatic N) is 5. The maximum atomic E-state index is 4.59. The molecule has 1 aliphatic carbocycles. The van der Waals surface area contributed by atoms with Gasteiger partial charge in [-0.2, -0.15) is 5.10 Å². The molecule has 2 aliphatic heterocycles. The number of aryl methyl sites for hydroxylation is 2. The Hall–Kier alpha value is -1.95. The zero-order valence-electron chi connectivity index (χ0n) is 15.1. The van der Waals surface area contributed by atoms with E-state index in [9.17, 15) is 0 Å². The van der Waals surface area contributed by atoms with E-state index in [1.54, 1.807) is 6.33 Å². The Bertz CT molecular complexity index is 783. The minimum Gasteiger partial charge on any atom is -0.356 e. The van der Waals surface area contributed by atoms with Crippen LogP contribution in [0.15, 0.2) is 6.33 Å². The van der Waals surface area contributed by atoms with Crippen molar-refractivity contribution < 1.29 is 0 Å². The summed E-state index contributed by atoms with van der Waals surface area (Å²) in [6, 6.07) is 0. The van der Waals surface area contributed by atoms with E-state index >= 15 is 0 Å². The maximum Gasteiger partial charge on any atom is 0.135 e. The molecular formula is C19H26N6. The van der Waals surface area contributed by atoms with Crippen LogP contribution in [-0.4, -0.2) is 51.2 Å². The first-order chi connectivity index (χ1) is 12.2. The molecule has 2 aromatic heterocycles. The molecule has 2 fully saturated rings. The molecule has 1 N–H and O–H groups in total. The van der Waals surface area contributed by atoms with Crippen LogP contribution < -0.4 is 4.90 Å². The molecule has 5 rings (SSSR count). The molecule has 6 heteroatoms. The molecule has 2 unspecified atom stereocenters. The van der Waals surface area contributed by atoms with Gasteiger partial charge in [-0.25, -0.2) is 9.97 Å². The first-order valence-corrected chi connectivity index (χ1v) is 9.49. The summed E-state index contributed by atoms with van der Waals surface area (Å²) in [7, 11) is 0. The first kappa shape index (κ1) is 15.3. The molecule has 4 heterocycles. The summed E-state index contributed by atoms with van der Waals surface area (Å²) < 4.78 is 0. The van der Waals surface area contributed by atoms with Gasteiger partial charge in [0, 0.05) is 49.7 Å². The SMILES string of the molecule is Cc1ncnc(N2CC3CN(Cc4n[nH]c5c4CCC5)CC3C2)c1C. The normalized spacial score (nSPS) is 25.6. The highest BCUT2D eigenvalue weighted by Crippen LogP contribution is 2.35.